The third-order valence-corrected chi connectivity index (χ3v) is 3.12. The number of hydrogen-bond acceptors (Lipinski definition) is 4. The van der Waals surface area contributed by atoms with Gasteiger partial charge in [-0.15, -0.1) is 0 Å². The van der Waals surface area contributed by atoms with Crippen molar-refractivity contribution in [2.75, 3.05) is 5.32 Å². The van der Waals surface area contributed by atoms with Gasteiger partial charge in [-0.25, -0.2) is 4.68 Å². The van der Waals surface area contributed by atoms with Gasteiger partial charge in [-0.3, -0.25) is 9.89 Å². The molecule has 0 aliphatic carbocycles. The summed E-state index contributed by atoms with van der Waals surface area (Å²) in [5, 5.41) is 12.7. The molecule has 0 saturated carbocycles. The Labute approximate surface area is 119 Å². The van der Waals surface area contributed by atoms with Crippen molar-refractivity contribution in [3.63, 3.8) is 0 Å². The third-order valence-electron chi connectivity index (χ3n) is 2.35. The molecule has 0 bridgehead atoms. The van der Waals surface area contributed by atoms with E-state index in [1.54, 1.807) is 12.4 Å². The van der Waals surface area contributed by atoms with Crippen LogP contribution in [0.4, 0.5) is 18.9 Å². The molecule has 2 aromatic rings. The van der Waals surface area contributed by atoms with Gasteiger partial charge in [0.1, 0.15) is 11.0 Å². The van der Waals surface area contributed by atoms with Crippen molar-refractivity contribution >= 4 is 21.6 Å². The lowest BCUT2D eigenvalue weighted by Crippen LogP contribution is -2.31. The fraction of sp³-hybridized carbons (Fsp3) is 0.300. The van der Waals surface area contributed by atoms with Crippen LogP contribution in [0.5, 0.6) is 0 Å². The second-order valence-electron chi connectivity index (χ2n) is 3.91. The second-order valence-corrected chi connectivity index (χ2v) is 4.70. The summed E-state index contributed by atoms with van der Waals surface area (Å²) < 4.78 is 37.1. The van der Waals surface area contributed by atoms with Gasteiger partial charge in [0.2, 0.25) is 0 Å². The van der Waals surface area contributed by atoms with E-state index >= 15 is 0 Å². The Morgan fingerprint density at radius 1 is 1.40 bits per heavy atom. The Morgan fingerprint density at radius 3 is 2.75 bits per heavy atom. The zero-order chi connectivity index (χ0) is 14.8. The summed E-state index contributed by atoms with van der Waals surface area (Å²) in [6, 6.07) is 0. The molecule has 2 N–H and O–H groups in total. The summed E-state index contributed by atoms with van der Waals surface area (Å²) >= 11 is 2.98. The maximum atomic E-state index is 12.2. The highest BCUT2D eigenvalue weighted by Crippen LogP contribution is 2.19. The molecule has 0 aliphatic heterocycles. The standard InChI is InChI=1S/C10H9BrF3N5O/c11-8-7(15-1-6-2-16-17-3-6)4-18-19(9(8)20)5-10(12,13)14/h2-4,15H,1,5H2,(H,16,17). The lowest BCUT2D eigenvalue weighted by atomic mass is 10.3. The molecule has 0 radical (unpaired) electrons. The normalized spacial score (nSPS) is 11.6. The van der Waals surface area contributed by atoms with E-state index in [1.807, 2.05) is 0 Å². The number of rotatable bonds is 4. The molecule has 0 unspecified atom stereocenters. The monoisotopic (exact) mass is 351 g/mol. The van der Waals surface area contributed by atoms with Crippen LogP contribution in [0.25, 0.3) is 0 Å². The second kappa shape index (κ2) is 5.65. The summed E-state index contributed by atoms with van der Waals surface area (Å²) in [5.41, 5.74) is 0.297. The predicted molar refractivity (Wildman–Crippen MR) is 68.2 cm³/mol. The maximum Gasteiger partial charge on any atom is 0.408 e. The zero-order valence-electron chi connectivity index (χ0n) is 9.91. The topological polar surface area (TPSA) is 75.6 Å². The van der Waals surface area contributed by atoms with Gasteiger partial charge in [-0.1, -0.05) is 0 Å². The van der Waals surface area contributed by atoms with E-state index in [-0.39, 0.29) is 4.47 Å². The third kappa shape index (κ3) is 3.59. The van der Waals surface area contributed by atoms with Crippen molar-refractivity contribution in [3.8, 4) is 0 Å². The van der Waals surface area contributed by atoms with Crippen molar-refractivity contribution in [1.29, 1.82) is 0 Å². The van der Waals surface area contributed by atoms with Crippen LogP contribution in [0.3, 0.4) is 0 Å². The van der Waals surface area contributed by atoms with Gasteiger partial charge in [-0.05, 0) is 15.9 Å². The molecule has 10 heteroatoms. The first kappa shape index (κ1) is 14.6. The molecule has 0 saturated heterocycles. The minimum absolute atomic E-state index is 0.000227. The van der Waals surface area contributed by atoms with Crippen LogP contribution < -0.4 is 10.9 Å². The van der Waals surface area contributed by atoms with Gasteiger partial charge in [0.25, 0.3) is 5.56 Å². The molecular weight excluding hydrogens is 343 g/mol. The van der Waals surface area contributed by atoms with Crippen molar-refractivity contribution in [2.24, 2.45) is 0 Å². The van der Waals surface area contributed by atoms with Gasteiger partial charge in [0.05, 0.1) is 18.1 Å². The van der Waals surface area contributed by atoms with Crippen molar-refractivity contribution < 1.29 is 13.2 Å². The number of alkyl halides is 3. The number of nitrogens with zero attached hydrogens (tertiary/aromatic N) is 3. The molecule has 0 spiro atoms. The first-order valence-electron chi connectivity index (χ1n) is 5.41. The molecule has 0 amide bonds. The van der Waals surface area contributed by atoms with Crippen LogP contribution in [-0.4, -0.2) is 26.2 Å². The summed E-state index contributed by atoms with van der Waals surface area (Å²) in [5.74, 6) is 0. The Kier molecular flexibility index (Phi) is 4.12. The van der Waals surface area contributed by atoms with Gasteiger partial charge < -0.3 is 5.32 Å². The van der Waals surface area contributed by atoms with Gasteiger partial charge >= 0.3 is 6.18 Å². The van der Waals surface area contributed by atoms with E-state index < -0.39 is 18.3 Å². The summed E-state index contributed by atoms with van der Waals surface area (Å²) in [6.45, 7) is -1.06. The fourth-order valence-electron chi connectivity index (χ4n) is 1.44. The molecule has 2 heterocycles. The van der Waals surface area contributed by atoms with Crippen LogP contribution >= 0.6 is 15.9 Å². The molecule has 0 fully saturated rings. The van der Waals surface area contributed by atoms with Gasteiger partial charge in [0.15, 0.2) is 0 Å². The number of H-pyrrole nitrogens is 1. The smallest absolute Gasteiger partial charge is 0.378 e. The van der Waals surface area contributed by atoms with E-state index in [1.165, 1.54) is 0 Å². The first-order valence-corrected chi connectivity index (χ1v) is 6.20. The molecule has 20 heavy (non-hydrogen) atoms. The number of aromatic amines is 1. The molecule has 6 nitrogen and oxygen atoms in total. The minimum atomic E-state index is -4.50. The Bertz CT molecular complexity index is 637. The number of hydrogen-bond donors (Lipinski definition) is 2. The lowest BCUT2D eigenvalue weighted by Gasteiger charge is -2.11. The van der Waals surface area contributed by atoms with Gasteiger partial charge in [0, 0.05) is 18.3 Å². The molecule has 2 aromatic heterocycles. The Balaban J connectivity index is 2.16. The van der Waals surface area contributed by atoms with E-state index in [4.69, 9.17) is 0 Å². The van der Waals surface area contributed by atoms with E-state index in [0.29, 0.717) is 16.9 Å². The molecule has 0 aliphatic rings. The Hall–Kier alpha value is -1.84. The average Bonchev–Trinajstić information content (AvgIpc) is 2.86. The first-order chi connectivity index (χ1) is 9.37. The van der Waals surface area contributed by atoms with Crippen molar-refractivity contribution in [1.82, 2.24) is 20.0 Å². The fourth-order valence-corrected chi connectivity index (χ4v) is 1.89. The zero-order valence-corrected chi connectivity index (χ0v) is 11.5. The highest BCUT2D eigenvalue weighted by atomic mass is 79.9. The summed E-state index contributed by atoms with van der Waals surface area (Å²) in [7, 11) is 0. The van der Waals surface area contributed by atoms with Crippen LogP contribution in [0.1, 0.15) is 5.56 Å². The van der Waals surface area contributed by atoms with E-state index in [0.717, 1.165) is 11.8 Å². The van der Waals surface area contributed by atoms with Gasteiger partial charge in [-0.2, -0.15) is 23.4 Å². The average molecular weight is 352 g/mol. The minimum Gasteiger partial charge on any atom is -0.378 e. The van der Waals surface area contributed by atoms with Crippen LogP contribution in [0, 0.1) is 0 Å². The largest absolute Gasteiger partial charge is 0.408 e. The highest BCUT2D eigenvalue weighted by molar-refractivity contribution is 9.10. The Morgan fingerprint density at radius 2 is 2.15 bits per heavy atom. The predicted octanol–water partition coefficient (Wildman–Crippen LogP) is 1.90. The van der Waals surface area contributed by atoms with Crippen LogP contribution in [0.2, 0.25) is 0 Å². The molecule has 2 rings (SSSR count). The molecule has 0 aromatic carbocycles. The van der Waals surface area contributed by atoms with Crippen molar-refractivity contribution in [3.05, 3.63) is 39.0 Å². The van der Waals surface area contributed by atoms with Crippen molar-refractivity contribution in [2.45, 2.75) is 19.3 Å². The quantitative estimate of drug-likeness (QED) is 0.882. The summed E-state index contributed by atoms with van der Waals surface area (Å²) in [6.07, 6.45) is -0.0995. The number of aromatic nitrogens is 4. The van der Waals surface area contributed by atoms with E-state index in [9.17, 15) is 18.0 Å². The molecular formula is C10H9BrF3N5O. The SMILES string of the molecule is O=c1c(Br)c(NCc2cn[nH]c2)cnn1CC(F)(F)F. The molecule has 108 valence electrons. The number of anilines is 1. The molecule has 0 atom stereocenters. The number of nitrogens with one attached hydrogen (secondary N) is 2. The van der Waals surface area contributed by atoms with Crippen LogP contribution in [0.15, 0.2) is 27.9 Å². The highest BCUT2D eigenvalue weighted by Gasteiger charge is 2.29. The van der Waals surface area contributed by atoms with E-state index in [2.05, 4.69) is 36.5 Å². The number of halogens is 4. The summed E-state index contributed by atoms with van der Waals surface area (Å²) in [4.78, 5) is 11.7. The maximum absolute atomic E-state index is 12.2. The lowest BCUT2D eigenvalue weighted by molar-refractivity contribution is -0.143. The van der Waals surface area contributed by atoms with Crippen LogP contribution in [-0.2, 0) is 13.1 Å².